The Balaban J connectivity index is 1.06. The highest BCUT2D eigenvalue weighted by atomic mass is 15.3. The second kappa shape index (κ2) is 12.3. The molecule has 38 heavy (non-hydrogen) atoms. The number of hydrogen-bond acceptors (Lipinski definition) is 5. The third kappa shape index (κ3) is 5.38. The molecule has 216 valence electrons. The van der Waals surface area contributed by atoms with Crippen LogP contribution in [0.25, 0.3) is 0 Å². The molecule has 3 N–H and O–H groups in total. The van der Waals surface area contributed by atoms with Crippen LogP contribution in [-0.2, 0) is 0 Å². The summed E-state index contributed by atoms with van der Waals surface area (Å²) >= 11 is 0. The highest BCUT2D eigenvalue weighted by Gasteiger charge is 2.54. The predicted octanol–water partition coefficient (Wildman–Crippen LogP) is 5.25. The van der Waals surface area contributed by atoms with E-state index in [1.54, 1.807) is 0 Å². The van der Waals surface area contributed by atoms with Crippen molar-refractivity contribution in [3.63, 3.8) is 0 Å². The van der Waals surface area contributed by atoms with E-state index in [4.69, 9.17) is 0 Å². The summed E-state index contributed by atoms with van der Waals surface area (Å²) in [5.41, 5.74) is 0. The third-order valence-electron chi connectivity index (χ3n) is 12.7. The highest BCUT2D eigenvalue weighted by molar-refractivity contribution is 5.09. The second-order valence-electron chi connectivity index (χ2n) is 14.7. The van der Waals surface area contributed by atoms with Gasteiger partial charge in [-0.2, -0.15) is 0 Å². The molecule has 0 amide bonds. The zero-order valence-corrected chi connectivity index (χ0v) is 24.4. The molecule has 5 atom stereocenters. The van der Waals surface area contributed by atoms with Crippen molar-refractivity contribution in [2.24, 2.45) is 17.8 Å². The quantitative estimate of drug-likeness (QED) is 0.457. The number of fused-ring (bicyclic) bond motifs is 3. The Morgan fingerprint density at radius 1 is 0.526 bits per heavy atom. The Hall–Kier alpha value is -0.200. The molecule has 0 bridgehead atoms. The van der Waals surface area contributed by atoms with Gasteiger partial charge in [-0.1, -0.05) is 57.8 Å². The minimum Gasteiger partial charge on any atom is -0.316 e. The Bertz CT molecular complexity index is 716. The lowest BCUT2D eigenvalue weighted by Crippen LogP contribution is -2.65. The molecular weight excluding hydrogens is 466 g/mol. The minimum absolute atomic E-state index is 0.573. The standard InChI is InChI=1S/C33H59N5/c1-4-10-24(11-5-1)33-35-21-28(22-36-33)38-31-17-16-27(20-29(31)30-23-34-19-18-32(30)38)37(25-12-6-2-7-13-25)26-14-8-3-9-15-26/h24-36H,1-23H2. The van der Waals surface area contributed by atoms with Crippen LogP contribution in [0, 0.1) is 17.8 Å². The van der Waals surface area contributed by atoms with Gasteiger partial charge in [-0.25, -0.2) is 0 Å². The van der Waals surface area contributed by atoms with Crippen molar-refractivity contribution < 1.29 is 0 Å². The molecule has 0 spiro atoms. The van der Waals surface area contributed by atoms with E-state index in [1.807, 2.05) is 0 Å². The van der Waals surface area contributed by atoms with Gasteiger partial charge in [-0.15, -0.1) is 0 Å². The van der Waals surface area contributed by atoms with Crippen molar-refractivity contribution in [2.75, 3.05) is 26.2 Å². The van der Waals surface area contributed by atoms with Crippen molar-refractivity contribution in [1.29, 1.82) is 0 Å². The molecule has 3 heterocycles. The van der Waals surface area contributed by atoms with Crippen LogP contribution in [0.15, 0.2) is 0 Å². The van der Waals surface area contributed by atoms with Gasteiger partial charge < -0.3 is 16.0 Å². The van der Waals surface area contributed by atoms with Crippen molar-refractivity contribution in [3.8, 4) is 0 Å². The molecule has 0 aromatic rings. The maximum atomic E-state index is 4.04. The van der Waals surface area contributed by atoms with Gasteiger partial charge >= 0.3 is 0 Å². The maximum absolute atomic E-state index is 4.04. The number of rotatable bonds is 5. The van der Waals surface area contributed by atoms with Crippen molar-refractivity contribution >= 4 is 0 Å². The molecule has 0 aromatic heterocycles. The average molecular weight is 526 g/mol. The lowest BCUT2D eigenvalue weighted by Gasteiger charge is -2.50. The number of piperidine rings is 1. The molecular formula is C33H59N5. The molecule has 4 saturated carbocycles. The van der Waals surface area contributed by atoms with Gasteiger partial charge in [-0.3, -0.25) is 9.80 Å². The summed E-state index contributed by atoms with van der Waals surface area (Å²) in [5.74, 6) is 2.66. The molecule has 0 aromatic carbocycles. The zero-order valence-electron chi connectivity index (χ0n) is 24.4. The lowest BCUT2D eigenvalue weighted by molar-refractivity contribution is -0.00588. The van der Waals surface area contributed by atoms with Gasteiger partial charge in [0.2, 0.25) is 0 Å². The van der Waals surface area contributed by atoms with Gasteiger partial charge in [0.15, 0.2) is 0 Å². The van der Waals surface area contributed by atoms with E-state index < -0.39 is 0 Å². The Morgan fingerprint density at radius 3 is 1.79 bits per heavy atom. The topological polar surface area (TPSA) is 42.6 Å². The Labute approximate surface area is 234 Å². The van der Waals surface area contributed by atoms with Crippen LogP contribution in [0.5, 0.6) is 0 Å². The van der Waals surface area contributed by atoms with E-state index in [2.05, 4.69) is 25.8 Å². The largest absolute Gasteiger partial charge is 0.316 e. The van der Waals surface area contributed by atoms with Crippen molar-refractivity contribution in [2.45, 2.75) is 164 Å². The molecule has 7 aliphatic rings. The van der Waals surface area contributed by atoms with E-state index in [0.717, 1.165) is 48.0 Å². The molecule has 7 rings (SSSR count). The second-order valence-corrected chi connectivity index (χ2v) is 14.7. The first-order valence-electron chi connectivity index (χ1n) is 17.6. The smallest absolute Gasteiger partial charge is 0.0601 e. The summed E-state index contributed by atoms with van der Waals surface area (Å²) in [6, 6.07) is 5.01. The zero-order chi connectivity index (χ0) is 25.3. The fraction of sp³-hybridized carbons (Fsp3) is 1.00. The molecule has 0 radical (unpaired) electrons. The predicted molar refractivity (Wildman–Crippen MR) is 157 cm³/mol. The van der Waals surface area contributed by atoms with Gasteiger partial charge in [-0.05, 0) is 95.1 Å². The molecule has 4 aliphatic carbocycles. The molecule has 3 saturated heterocycles. The van der Waals surface area contributed by atoms with Crippen LogP contribution in [-0.4, -0.2) is 78.4 Å². The molecule has 5 nitrogen and oxygen atoms in total. The third-order valence-corrected chi connectivity index (χ3v) is 12.7. The number of likely N-dealkylation sites (tertiary alicyclic amines) is 1. The van der Waals surface area contributed by atoms with Gasteiger partial charge in [0.05, 0.1) is 6.17 Å². The first kappa shape index (κ1) is 26.7. The summed E-state index contributed by atoms with van der Waals surface area (Å²) in [6.45, 7) is 4.94. The van der Waals surface area contributed by atoms with Gasteiger partial charge in [0.1, 0.15) is 0 Å². The summed E-state index contributed by atoms with van der Waals surface area (Å²) in [4.78, 5) is 6.33. The molecule has 3 aliphatic heterocycles. The Kier molecular flexibility index (Phi) is 8.67. The van der Waals surface area contributed by atoms with Crippen LogP contribution in [0.2, 0.25) is 0 Å². The van der Waals surface area contributed by atoms with Crippen LogP contribution in [0.1, 0.15) is 122 Å². The van der Waals surface area contributed by atoms with Crippen LogP contribution >= 0.6 is 0 Å². The molecule has 5 unspecified atom stereocenters. The normalized spacial score (nSPS) is 42.7. The van der Waals surface area contributed by atoms with Gasteiger partial charge in [0, 0.05) is 49.3 Å². The number of hydrogen-bond donors (Lipinski definition) is 3. The molecule has 7 fully saturated rings. The van der Waals surface area contributed by atoms with Crippen molar-refractivity contribution in [1.82, 2.24) is 25.8 Å². The Morgan fingerprint density at radius 2 is 1.13 bits per heavy atom. The molecule has 5 heteroatoms. The van der Waals surface area contributed by atoms with E-state index in [0.29, 0.717) is 12.2 Å². The maximum Gasteiger partial charge on any atom is 0.0601 e. The van der Waals surface area contributed by atoms with Gasteiger partial charge in [0.25, 0.3) is 0 Å². The lowest BCUT2D eigenvalue weighted by atomic mass is 9.73. The number of nitrogens with one attached hydrogen (secondary N) is 3. The van der Waals surface area contributed by atoms with E-state index in [-0.39, 0.29) is 0 Å². The highest BCUT2D eigenvalue weighted by Crippen LogP contribution is 2.49. The minimum atomic E-state index is 0.573. The van der Waals surface area contributed by atoms with Crippen molar-refractivity contribution in [3.05, 3.63) is 0 Å². The average Bonchev–Trinajstić information content (AvgIpc) is 3.33. The fourth-order valence-corrected chi connectivity index (χ4v) is 11.1. The van der Waals surface area contributed by atoms with Crippen LogP contribution < -0.4 is 16.0 Å². The van der Waals surface area contributed by atoms with E-state index >= 15 is 0 Å². The van der Waals surface area contributed by atoms with Crippen LogP contribution in [0.3, 0.4) is 0 Å². The number of nitrogens with zero attached hydrogens (tertiary/aromatic N) is 2. The van der Waals surface area contributed by atoms with E-state index in [9.17, 15) is 0 Å². The summed E-state index contributed by atoms with van der Waals surface area (Å²) in [7, 11) is 0. The SMILES string of the molecule is C1CCC(C2NCC(N3C4CCNCC4C4CC(N(C5CCCCC5)C5CCCCC5)CCC43)CN2)CC1. The summed E-state index contributed by atoms with van der Waals surface area (Å²) < 4.78 is 0. The van der Waals surface area contributed by atoms with Crippen LogP contribution in [0.4, 0.5) is 0 Å². The fourth-order valence-electron chi connectivity index (χ4n) is 11.1. The summed E-state index contributed by atoms with van der Waals surface area (Å²) in [5, 5.41) is 11.9. The summed E-state index contributed by atoms with van der Waals surface area (Å²) in [6.07, 6.45) is 28.4. The first-order chi connectivity index (χ1) is 18.9. The monoisotopic (exact) mass is 525 g/mol. The van der Waals surface area contributed by atoms with E-state index in [1.165, 1.54) is 148 Å². The first-order valence-corrected chi connectivity index (χ1v) is 17.6.